The maximum absolute atomic E-state index is 12.9. The van der Waals surface area contributed by atoms with Gasteiger partial charge in [-0.15, -0.1) is 0 Å². The summed E-state index contributed by atoms with van der Waals surface area (Å²) in [7, 11) is 1.51. The molecule has 1 amide bonds. The highest BCUT2D eigenvalue weighted by Crippen LogP contribution is 2.44. The van der Waals surface area contributed by atoms with E-state index in [0.717, 1.165) is 36.9 Å². The van der Waals surface area contributed by atoms with E-state index in [-0.39, 0.29) is 28.7 Å². The molecule has 26 heavy (non-hydrogen) atoms. The van der Waals surface area contributed by atoms with Gasteiger partial charge in [-0.1, -0.05) is 0 Å². The molecule has 9 heteroatoms. The first-order valence-electron chi connectivity index (χ1n) is 8.63. The number of nitrogen functional groups attached to an aromatic ring is 1. The first kappa shape index (κ1) is 16.9. The topological polar surface area (TPSA) is 89.9 Å². The molecule has 0 saturated carbocycles. The Morgan fingerprint density at radius 2 is 2.19 bits per heavy atom. The number of aromatic nitrogens is 4. The number of hydrogen-bond donors (Lipinski definition) is 1. The van der Waals surface area contributed by atoms with Crippen molar-refractivity contribution in [2.75, 3.05) is 18.8 Å². The number of fused-ring (bicyclic) bond motifs is 2. The Morgan fingerprint density at radius 3 is 2.92 bits per heavy atom. The van der Waals surface area contributed by atoms with Gasteiger partial charge in [0, 0.05) is 31.7 Å². The van der Waals surface area contributed by atoms with Gasteiger partial charge in [0.25, 0.3) is 12.3 Å². The second-order valence-corrected chi connectivity index (χ2v) is 7.09. The smallest absolute Gasteiger partial charge is 0.282 e. The van der Waals surface area contributed by atoms with Gasteiger partial charge < -0.3 is 10.6 Å². The lowest BCUT2D eigenvalue weighted by Crippen LogP contribution is -2.48. The maximum atomic E-state index is 12.9. The van der Waals surface area contributed by atoms with Crippen LogP contribution in [0.1, 0.15) is 53.1 Å². The summed E-state index contributed by atoms with van der Waals surface area (Å²) >= 11 is 0. The van der Waals surface area contributed by atoms with Crippen LogP contribution in [-0.2, 0) is 18.9 Å². The average molecular weight is 362 g/mol. The molecule has 1 saturated heterocycles. The maximum Gasteiger partial charge on any atom is 0.282 e. The van der Waals surface area contributed by atoms with E-state index < -0.39 is 6.43 Å². The molecule has 2 aliphatic rings. The number of hydrogen-bond acceptors (Lipinski definition) is 5. The summed E-state index contributed by atoms with van der Waals surface area (Å²) in [5.74, 6) is -0.0388. The fourth-order valence-corrected chi connectivity index (χ4v) is 4.22. The summed E-state index contributed by atoms with van der Waals surface area (Å²) in [4.78, 5) is 23.2. The molecule has 7 nitrogen and oxygen atoms in total. The number of nitrogens with zero attached hydrogens (tertiary/aromatic N) is 5. The molecule has 138 valence electrons. The van der Waals surface area contributed by atoms with Crippen LogP contribution in [0.25, 0.3) is 0 Å². The fourth-order valence-electron chi connectivity index (χ4n) is 4.22. The zero-order valence-corrected chi connectivity index (χ0v) is 14.5. The first-order valence-corrected chi connectivity index (χ1v) is 8.63. The number of alkyl halides is 2. The summed E-state index contributed by atoms with van der Waals surface area (Å²) in [5, 5.41) is 3.74. The average Bonchev–Trinajstić information content (AvgIpc) is 3.16. The van der Waals surface area contributed by atoms with Crippen LogP contribution in [0.3, 0.4) is 0 Å². The molecule has 0 bridgehead atoms. The summed E-state index contributed by atoms with van der Waals surface area (Å²) in [6.45, 7) is 1.09. The molecule has 1 unspecified atom stereocenters. The molecule has 2 aromatic rings. The Labute approximate surface area is 149 Å². The SMILES string of the molecule is Cn1nc(C(F)F)cc1C(=O)N1CCCC2(CCc3cnc(N)nc32)C1. The van der Waals surface area contributed by atoms with Gasteiger partial charge in [0.1, 0.15) is 11.4 Å². The third kappa shape index (κ3) is 2.62. The van der Waals surface area contributed by atoms with Crippen LogP contribution in [0.4, 0.5) is 14.7 Å². The van der Waals surface area contributed by atoms with Gasteiger partial charge in [-0.3, -0.25) is 9.48 Å². The van der Waals surface area contributed by atoms with Crippen molar-refractivity contribution in [2.45, 2.75) is 37.5 Å². The molecule has 0 radical (unpaired) electrons. The molecule has 1 spiro atoms. The first-order chi connectivity index (χ1) is 12.4. The lowest BCUT2D eigenvalue weighted by molar-refractivity contribution is 0.0622. The minimum Gasteiger partial charge on any atom is -0.368 e. The van der Waals surface area contributed by atoms with Crippen LogP contribution in [0, 0.1) is 0 Å². The zero-order valence-electron chi connectivity index (χ0n) is 14.5. The molecule has 0 aromatic carbocycles. The van der Waals surface area contributed by atoms with Crippen molar-refractivity contribution in [3.8, 4) is 0 Å². The highest BCUT2D eigenvalue weighted by Gasteiger charge is 2.45. The van der Waals surface area contributed by atoms with Crippen molar-refractivity contribution in [2.24, 2.45) is 7.05 Å². The Bertz CT molecular complexity index is 863. The number of rotatable bonds is 2. The number of carbonyl (C=O) groups is 1. The van der Waals surface area contributed by atoms with Crippen molar-refractivity contribution in [1.29, 1.82) is 0 Å². The summed E-state index contributed by atoms with van der Waals surface area (Å²) < 4.78 is 27.0. The van der Waals surface area contributed by atoms with Gasteiger partial charge in [-0.25, -0.2) is 18.7 Å². The number of nitrogens with two attached hydrogens (primary N) is 1. The molecule has 1 fully saturated rings. The Balaban J connectivity index is 1.62. The van der Waals surface area contributed by atoms with E-state index in [2.05, 4.69) is 15.1 Å². The van der Waals surface area contributed by atoms with Gasteiger partial charge in [0.05, 0.1) is 5.69 Å². The van der Waals surface area contributed by atoms with Crippen molar-refractivity contribution in [3.63, 3.8) is 0 Å². The predicted molar refractivity (Wildman–Crippen MR) is 89.7 cm³/mol. The standard InChI is InChI=1S/C17H20F2N6O/c1-24-12(7-11(23-24)14(18)19)15(26)25-6-2-4-17(9-25)5-3-10-8-21-16(20)22-13(10)17/h7-8,14H,2-6,9H2,1H3,(H2,20,21,22). The number of halogens is 2. The van der Waals surface area contributed by atoms with Crippen LogP contribution in [0.5, 0.6) is 0 Å². The van der Waals surface area contributed by atoms with E-state index in [9.17, 15) is 13.6 Å². The van der Waals surface area contributed by atoms with E-state index in [4.69, 9.17) is 5.73 Å². The van der Waals surface area contributed by atoms with Crippen LogP contribution < -0.4 is 5.73 Å². The number of amides is 1. The lowest BCUT2D eigenvalue weighted by Gasteiger charge is -2.40. The molecule has 2 aromatic heterocycles. The van der Waals surface area contributed by atoms with Gasteiger partial charge in [0.15, 0.2) is 0 Å². The third-order valence-electron chi connectivity index (χ3n) is 5.46. The van der Waals surface area contributed by atoms with Crippen molar-refractivity contribution >= 4 is 11.9 Å². The number of piperidine rings is 1. The second-order valence-electron chi connectivity index (χ2n) is 7.09. The molecule has 1 atom stereocenters. The second kappa shape index (κ2) is 6.00. The Hall–Kier alpha value is -2.58. The molecule has 4 rings (SSSR count). The van der Waals surface area contributed by atoms with Crippen LogP contribution in [0.15, 0.2) is 12.3 Å². The molecular formula is C17H20F2N6O. The van der Waals surface area contributed by atoms with Crippen LogP contribution >= 0.6 is 0 Å². The van der Waals surface area contributed by atoms with Crippen LogP contribution in [-0.4, -0.2) is 43.6 Å². The number of aryl methyl sites for hydroxylation is 2. The van der Waals surface area contributed by atoms with Gasteiger partial charge >= 0.3 is 0 Å². The molecule has 1 aliphatic heterocycles. The number of carbonyl (C=O) groups excluding carboxylic acids is 1. The van der Waals surface area contributed by atoms with Gasteiger partial charge in [-0.05, 0) is 37.3 Å². The minimum absolute atomic E-state index is 0.178. The van der Waals surface area contributed by atoms with Gasteiger partial charge in [0.2, 0.25) is 5.95 Å². The third-order valence-corrected chi connectivity index (χ3v) is 5.46. The fraction of sp³-hybridized carbons (Fsp3) is 0.529. The predicted octanol–water partition coefficient (Wildman–Crippen LogP) is 1.85. The quantitative estimate of drug-likeness (QED) is 0.881. The van der Waals surface area contributed by atoms with E-state index in [1.165, 1.54) is 17.8 Å². The number of anilines is 1. The van der Waals surface area contributed by atoms with Crippen molar-refractivity contribution < 1.29 is 13.6 Å². The van der Waals surface area contributed by atoms with E-state index in [0.29, 0.717) is 13.1 Å². The normalized spacial score (nSPS) is 22.2. The zero-order chi connectivity index (χ0) is 18.5. The van der Waals surface area contributed by atoms with E-state index >= 15 is 0 Å². The summed E-state index contributed by atoms with van der Waals surface area (Å²) in [6, 6.07) is 1.18. The number of likely N-dealkylation sites (tertiary alicyclic amines) is 1. The van der Waals surface area contributed by atoms with Crippen molar-refractivity contribution in [3.05, 3.63) is 34.9 Å². The highest BCUT2D eigenvalue weighted by molar-refractivity contribution is 5.93. The lowest BCUT2D eigenvalue weighted by atomic mass is 9.77. The molecule has 2 N–H and O–H groups in total. The Kier molecular flexibility index (Phi) is 3.89. The Morgan fingerprint density at radius 1 is 1.38 bits per heavy atom. The molecule has 3 heterocycles. The summed E-state index contributed by atoms with van der Waals surface area (Å²) in [5.41, 5.74) is 7.35. The minimum atomic E-state index is -2.70. The summed E-state index contributed by atoms with van der Waals surface area (Å²) in [6.07, 6.45) is 2.57. The highest BCUT2D eigenvalue weighted by atomic mass is 19.3. The van der Waals surface area contributed by atoms with Crippen LogP contribution in [0.2, 0.25) is 0 Å². The van der Waals surface area contributed by atoms with E-state index in [1.807, 2.05) is 0 Å². The van der Waals surface area contributed by atoms with Gasteiger partial charge in [-0.2, -0.15) is 5.10 Å². The molecular weight excluding hydrogens is 342 g/mol. The molecule has 1 aliphatic carbocycles. The largest absolute Gasteiger partial charge is 0.368 e. The monoisotopic (exact) mass is 362 g/mol. The van der Waals surface area contributed by atoms with E-state index in [1.54, 1.807) is 11.1 Å². The van der Waals surface area contributed by atoms with Crippen molar-refractivity contribution in [1.82, 2.24) is 24.6 Å².